The summed E-state index contributed by atoms with van der Waals surface area (Å²) in [5, 5.41) is 20.2. The third kappa shape index (κ3) is 3.44. The number of hydrogen-bond acceptors (Lipinski definition) is 5. The van der Waals surface area contributed by atoms with Gasteiger partial charge in [-0.2, -0.15) is 10.4 Å². The van der Waals surface area contributed by atoms with E-state index < -0.39 is 0 Å². The Kier molecular flexibility index (Phi) is 4.38. The van der Waals surface area contributed by atoms with E-state index in [1.165, 1.54) is 11.8 Å². The highest BCUT2D eigenvalue weighted by atomic mass is 32.2. The molecule has 0 radical (unpaired) electrons. The van der Waals surface area contributed by atoms with Crippen molar-refractivity contribution in [1.29, 1.82) is 10.7 Å². The molecule has 15 heavy (non-hydrogen) atoms. The Balaban J connectivity index is 2.72. The number of anilines is 1. The van der Waals surface area contributed by atoms with Crippen LogP contribution in [0.1, 0.15) is 0 Å². The largest absolute Gasteiger partial charge is 0.291 e. The van der Waals surface area contributed by atoms with Crippen molar-refractivity contribution in [2.75, 3.05) is 11.7 Å². The van der Waals surface area contributed by atoms with E-state index in [2.05, 4.69) is 10.5 Å². The lowest BCUT2D eigenvalue weighted by molar-refractivity contribution is 1.34. The van der Waals surface area contributed by atoms with Gasteiger partial charge in [0.05, 0.1) is 5.69 Å². The van der Waals surface area contributed by atoms with Crippen LogP contribution in [0.15, 0.2) is 35.4 Å². The number of thioether (sulfide) groups is 1. The fourth-order valence-corrected chi connectivity index (χ4v) is 1.14. The average Bonchev–Trinajstić information content (AvgIpc) is 2.31. The minimum atomic E-state index is 0.0892. The summed E-state index contributed by atoms with van der Waals surface area (Å²) in [5.41, 5.74) is 3.60. The van der Waals surface area contributed by atoms with Crippen molar-refractivity contribution < 1.29 is 0 Å². The molecule has 1 aromatic carbocycles. The predicted octanol–water partition coefficient (Wildman–Crippen LogP) is 2.32. The summed E-state index contributed by atoms with van der Waals surface area (Å²) in [4.78, 5) is 0. The van der Waals surface area contributed by atoms with Gasteiger partial charge < -0.3 is 0 Å². The Morgan fingerprint density at radius 3 is 2.67 bits per heavy atom. The second-order valence-corrected chi connectivity index (χ2v) is 3.40. The van der Waals surface area contributed by atoms with Gasteiger partial charge in [-0.15, -0.1) is 11.8 Å². The molecule has 76 valence electrons. The zero-order valence-electron chi connectivity index (χ0n) is 8.19. The molecule has 4 nitrogen and oxygen atoms in total. The molecule has 0 saturated carbocycles. The van der Waals surface area contributed by atoms with Gasteiger partial charge in [0.25, 0.3) is 0 Å². The fraction of sp³-hybridized carbons (Fsp3) is 0.100. The summed E-state index contributed by atoms with van der Waals surface area (Å²) in [7, 11) is 0. The molecule has 0 aliphatic rings. The fourth-order valence-electron chi connectivity index (χ4n) is 0.856. The minimum absolute atomic E-state index is 0.0892. The van der Waals surface area contributed by atoms with Gasteiger partial charge in [0.15, 0.2) is 5.71 Å². The van der Waals surface area contributed by atoms with Gasteiger partial charge in [-0.05, 0) is 18.4 Å². The molecule has 0 fully saturated rings. The molecule has 5 heteroatoms. The zero-order chi connectivity index (χ0) is 11.1. The summed E-state index contributed by atoms with van der Waals surface area (Å²) in [5.74, 6) is 0. The average molecular weight is 218 g/mol. The van der Waals surface area contributed by atoms with Crippen molar-refractivity contribution in [1.82, 2.24) is 0 Å². The summed E-state index contributed by atoms with van der Waals surface area (Å²) < 4.78 is 0. The highest BCUT2D eigenvalue weighted by Crippen LogP contribution is 2.05. The van der Waals surface area contributed by atoms with Gasteiger partial charge in [-0.3, -0.25) is 10.8 Å². The van der Waals surface area contributed by atoms with Crippen LogP contribution in [-0.2, 0) is 0 Å². The first kappa shape index (κ1) is 11.3. The molecule has 0 heterocycles. The number of benzene rings is 1. The van der Waals surface area contributed by atoms with Gasteiger partial charge in [-0.25, -0.2) is 0 Å². The SMILES string of the molecule is CSC(=N)C(C#N)=NNc1ccccc1. The summed E-state index contributed by atoms with van der Waals surface area (Å²) in [6, 6.07) is 11.2. The van der Waals surface area contributed by atoms with Crippen LogP contribution in [0.5, 0.6) is 0 Å². The van der Waals surface area contributed by atoms with Crippen molar-refractivity contribution in [3.05, 3.63) is 30.3 Å². The smallest absolute Gasteiger partial charge is 0.192 e. The number of nitrogens with one attached hydrogen (secondary N) is 2. The Bertz CT molecular complexity index is 405. The van der Waals surface area contributed by atoms with Gasteiger partial charge in [-0.1, -0.05) is 18.2 Å². The lowest BCUT2D eigenvalue weighted by Gasteiger charge is -2.00. The minimum Gasteiger partial charge on any atom is -0.291 e. The molecule has 0 aromatic heterocycles. The van der Waals surface area contributed by atoms with Gasteiger partial charge >= 0.3 is 0 Å². The van der Waals surface area contributed by atoms with Crippen molar-refractivity contribution in [3.63, 3.8) is 0 Å². The van der Waals surface area contributed by atoms with E-state index in [0.29, 0.717) is 0 Å². The molecular weight excluding hydrogens is 208 g/mol. The van der Waals surface area contributed by atoms with Crippen LogP contribution in [-0.4, -0.2) is 17.0 Å². The number of nitriles is 1. The van der Waals surface area contributed by atoms with Crippen molar-refractivity contribution >= 4 is 28.2 Å². The third-order valence-electron chi connectivity index (χ3n) is 1.60. The molecule has 0 atom stereocenters. The van der Waals surface area contributed by atoms with Crippen molar-refractivity contribution in [3.8, 4) is 6.07 Å². The molecule has 1 aromatic rings. The maximum absolute atomic E-state index is 8.73. The van der Waals surface area contributed by atoms with Gasteiger partial charge in [0.1, 0.15) is 11.1 Å². The molecule has 0 aliphatic carbocycles. The lowest BCUT2D eigenvalue weighted by Crippen LogP contribution is -2.08. The van der Waals surface area contributed by atoms with Crippen molar-refractivity contribution in [2.45, 2.75) is 0 Å². The topological polar surface area (TPSA) is 72.0 Å². The van der Waals surface area contributed by atoms with Gasteiger partial charge in [0, 0.05) is 0 Å². The van der Waals surface area contributed by atoms with E-state index in [1.807, 2.05) is 36.4 Å². The van der Waals surface area contributed by atoms with Crippen molar-refractivity contribution in [2.24, 2.45) is 5.10 Å². The van der Waals surface area contributed by atoms with Gasteiger partial charge in [0.2, 0.25) is 0 Å². The molecule has 0 unspecified atom stereocenters. The number of rotatable bonds is 3. The second-order valence-electron chi connectivity index (χ2n) is 2.58. The Morgan fingerprint density at radius 2 is 2.13 bits per heavy atom. The molecule has 0 amide bonds. The Labute approximate surface area is 92.5 Å². The van der Waals surface area contributed by atoms with Crippen LogP contribution in [0, 0.1) is 16.7 Å². The number of para-hydroxylation sites is 1. The standard InChI is InChI=1S/C10H10N4S/c1-15-10(12)9(7-11)14-13-8-5-3-2-4-6-8/h2-6,12-13H,1H3. The first-order chi connectivity index (χ1) is 7.27. The van der Waals surface area contributed by atoms with E-state index in [1.54, 1.807) is 6.26 Å². The van der Waals surface area contributed by atoms with Crippen LogP contribution in [0.3, 0.4) is 0 Å². The molecular formula is C10H10N4S. The second kappa shape index (κ2) is 5.83. The maximum atomic E-state index is 8.73. The van der Waals surface area contributed by atoms with E-state index in [-0.39, 0.29) is 10.8 Å². The van der Waals surface area contributed by atoms with Crippen LogP contribution in [0.25, 0.3) is 0 Å². The molecule has 0 aliphatic heterocycles. The summed E-state index contributed by atoms with van der Waals surface area (Å²) in [6.45, 7) is 0. The van der Waals surface area contributed by atoms with E-state index in [4.69, 9.17) is 10.7 Å². The van der Waals surface area contributed by atoms with E-state index in [9.17, 15) is 0 Å². The third-order valence-corrected chi connectivity index (χ3v) is 2.20. The number of hydrogen-bond donors (Lipinski definition) is 2. The Hall–Kier alpha value is -1.80. The predicted molar refractivity (Wildman–Crippen MR) is 64.4 cm³/mol. The first-order valence-electron chi connectivity index (χ1n) is 4.19. The maximum Gasteiger partial charge on any atom is 0.192 e. The monoisotopic (exact) mass is 218 g/mol. The lowest BCUT2D eigenvalue weighted by atomic mass is 10.3. The first-order valence-corrected chi connectivity index (χ1v) is 5.42. The summed E-state index contributed by atoms with van der Waals surface area (Å²) >= 11 is 1.18. The molecule has 1 rings (SSSR count). The van der Waals surface area contributed by atoms with E-state index >= 15 is 0 Å². The highest BCUT2D eigenvalue weighted by molar-refractivity contribution is 8.15. The molecule has 0 spiro atoms. The van der Waals surface area contributed by atoms with Crippen LogP contribution >= 0.6 is 11.8 Å². The number of nitrogens with zero attached hydrogens (tertiary/aromatic N) is 2. The van der Waals surface area contributed by atoms with Crippen LogP contribution < -0.4 is 5.43 Å². The van der Waals surface area contributed by atoms with Crippen LogP contribution in [0.4, 0.5) is 5.69 Å². The number of hydrazone groups is 1. The Morgan fingerprint density at radius 1 is 1.47 bits per heavy atom. The molecule has 0 saturated heterocycles. The van der Waals surface area contributed by atoms with E-state index in [0.717, 1.165) is 5.69 Å². The zero-order valence-corrected chi connectivity index (χ0v) is 9.01. The quantitative estimate of drug-likeness (QED) is 0.464. The summed E-state index contributed by atoms with van der Waals surface area (Å²) in [6.07, 6.45) is 1.73. The molecule has 0 bridgehead atoms. The normalized spacial score (nSPS) is 10.5. The highest BCUT2D eigenvalue weighted by Gasteiger charge is 2.03. The van der Waals surface area contributed by atoms with Crippen LogP contribution in [0.2, 0.25) is 0 Å². The molecule has 2 N–H and O–H groups in total.